The molecule has 1 saturated heterocycles. The van der Waals surface area contributed by atoms with Crippen molar-refractivity contribution in [3.05, 3.63) is 90.4 Å². The molecule has 0 radical (unpaired) electrons. The zero-order valence-corrected chi connectivity index (χ0v) is 21.9. The molecule has 1 N–H and O–H groups in total. The fourth-order valence-electron chi connectivity index (χ4n) is 5.02. The number of sulfone groups is 1. The van der Waals surface area contributed by atoms with Crippen LogP contribution in [-0.2, 0) is 22.8 Å². The van der Waals surface area contributed by atoms with Gasteiger partial charge >= 0.3 is 0 Å². The van der Waals surface area contributed by atoms with E-state index in [1.54, 1.807) is 6.33 Å². The third-order valence-corrected chi connectivity index (χ3v) is 8.77. The van der Waals surface area contributed by atoms with E-state index in [-0.39, 0.29) is 11.5 Å². The molecule has 6 rings (SSSR count). The summed E-state index contributed by atoms with van der Waals surface area (Å²) in [5.41, 5.74) is 5.38. The number of nitrogens with one attached hydrogen (secondary N) is 1. The third kappa shape index (κ3) is 5.54. The van der Waals surface area contributed by atoms with Crippen LogP contribution in [0.2, 0.25) is 0 Å². The van der Waals surface area contributed by atoms with Gasteiger partial charge in [0.25, 0.3) is 0 Å². The predicted molar refractivity (Wildman–Crippen MR) is 152 cm³/mol. The van der Waals surface area contributed by atoms with E-state index < -0.39 is 9.84 Å². The normalized spacial score (nSPS) is 15.7. The zero-order valence-electron chi connectivity index (χ0n) is 21.1. The number of nitrogens with zero attached hydrogens (tertiary/aromatic N) is 5. The van der Waals surface area contributed by atoms with Crippen LogP contribution >= 0.6 is 0 Å². The average molecular weight is 527 g/mol. The molecule has 38 heavy (non-hydrogen) atoms. The van der Waals surface area contributed by atoms with Crippen molar-refractivity contribution in [2.45, 2.75) is 19.4 Å². The van der Waals surface area contributed by atoms with Crippen molar-refractivity contribution >= 4 is 43.1 Å². The van der Waals surface area contributed by atoms with E-state index in [9.17, 15) is 8.42 Å². The minimum absolute atomic E-state index is 0.276. The first-order valence-corrected chi connectivity index (χ1v) is 14.8. The monoisotopic (exact) mass is 526 g/mol. The summed E-state index contributed by atoms with van der Waals surface area (Å²) >= 11 is 0. The molecule has 0 saturated carbocycles. The molecule has 9 heteroatoms. The first-order chi connectivity index (χ1) is 18.5. The quantitative estimate of drug-likeness (QED) is 0.320. The van der Waals surface area contributed by atoms with Gasteiger partial charge in [-0.2, -0.15) is 5.10 Å². The molecule has 0 unspecified atom stereocenters. The van der Waals surface area contributed by atoms with Gasteiger partial charge in [-0.15, -0.1) is 0 Å². The van der Waals surface area contributed by atoms with Crippen molar-refractivity contribution in [3.8, 4) is 0 Å². The maximum atomic E-state index is 11.6. The Hall–Kier alpha value is -3.82. The Morgan fingerprint density at radius 1 is 0.895 bits per heavy atom. The van der Waals surface area contributed by atoms with Crippen molar-refractivity contribution < 1.29 is 8.42 Å². The number of anilines is 2. The van der Waals surface area contributed by atoms with E-state index in [0.29, 0.717) is 13.1 Å². The minimum atomic E-state index is -2.83. The van der Waals surface area contributed by atoms with Gasteiger partial charge < -0.3 is 10.2 Å². The van der Waals surface area contributed by atoms with Crippen LogP contribution in [0.25, 0.3) is 21.8 Å². The summed E-state index contributed by atoms with van der Waals surface area (Å²) in [4.78, 5) is 11.3. The Balaban J connectivity index is 1.13. The zero-order chi connectivity index (χ0) is 26.0. The van der Waals surface area contributed by atoms with Crippen LogP contribution in [-0.4, -0.2) is 64.2 Å². The maximum absolute atomic E-state index is 11.6. The third-order valence-electron chi connectivity index (χ3n) is 7.16. The molecule has 3 heterocycles. The first kappa shape index (κ1) is 24.5. The van der Waals surface area contributed by atoms with Crippen molar-refractivity contribution in [1.29, 1.82) is 0 Å². The van der Waals surface area contributed by atoms with Crippen LogP contribution in [0.5, 0.6) is 0 Å². The van der Waals surface area contributed by atoms with Crippen LogP contribution in [0, 0.1) is 0 Å². The predicted octanol–water partition coefficient (Wildman–Crippen LogP) is 4.43. The number of aromatic nitrogens is 4. The molecule has 1 fully saturated rings. The molecule has 0 atom stereocenters. The number of fused-ring (bicyclic) bond motifs is 2. The standard InChI is InChI=1S/C29H30N6O2S/c36-38(37)15-13-34(14-16-38)12-4-7-22-8-10-26-27(17-22)30-21-31-29(26)33-25-9-11-28-24(18-25)19-32-35(28)20-23-5-2-1-3-6-23/h1-3,5-6,8-11,17-19,21H,4,7,12-16,20H2,(H,30,31,33). The molecule has 0 bridgehead atoms. The lowest BCUT2D eigenvalue weighted by atomic mass is 10.1. The highest BCUT2D eigenvalue weighted by Crippen LogP contribution is 2.27. The molecule has 8 nitrogen and oxygen atoms in total. The van der Waals surface area contributed by atoms with E-state index in [1.807, 2.05) is 29.1 Å². The molecule has 2 aromatic heterocycles. The molecule has 1 aliphatic heterocycles. The fourth-order valence-corrected chi connectivity index (χ4v) is 6.30. The lowest BCUT2D eigenvalue weighted by Gasteiger charge is -2.26. The SMILES string of the molecule is O=S1(=O)CCN(CCCc2ccc3c(Nc4ccc5c(cnn5Cc5ccccc5)c4)ncnc3c2)CC1. The van der Waals surface area contributed by atoms with Gasteiger partial charge in [-0.1, -0.05) is 36.4 Å². The molecule has 0 spiro atoms. The highest BCUT2D eigenvalue weighted by atomic mass is 32.2. The maximum Gasteiger partial charge on any atom is 0.152 e. The summed E-state index contributed by atoms with van der Waals surface area (Å²) in [7, 11) is -2.83. The van der Waals surface area contributed by atoms with Crippen LogP contribution in [0.4, 0.5) is 11.5 Å². The lowest BCUT2D eigenvalue weighted by molar-refractivity contribution is 0.292. The van der Waals surface area contributed by atoms with E-state index >= 15 is 0 Å². The summed E-state index contributed by atoms with van der Waals surface area (Å²) < 4.78 is 25.3. The minimum Gasteiger partial charge on any atom is -0.340 e. The van der Waals surface area contributed by atoms with Gasteiger partial charge in [-0.3, -0.25) is 4.68 Å². The van der Waals surface area contributed by atoms with E-state index in [1.165, 1.54) is 11.1 Å². The highest BCUT2D eigenvalue weighted by molar-refractivity contribution is 7.91. The Morgan fingerprint density at radius 3 is 2.58 bits per heavy atom. The van der Waals surface area contributed by atoms with Gasteiger partial charge in [0.15, 0.2) is 9.84 Å². The molecular formula is C29H30N6O2S. The summed E-state index contributed by atoms with van der Waals surface area (Å²) in [6, 6.07) is 22.9. The van der Waals surface area contributed by atoms with Crippen LogP contribution in [0.1, 0.15) is 17.5 Å². The first-order valence-electron chi connectivity index (χ1n) is 13.0. The molecular weight excluding hydrogens is 496 g/mol. The number of rotatable bonds is 8. The van der Waals surface area contributed by atoms with Gasteiger partial charge in [-0.25, -0.2) is 18.4 Å². The molecule has 3 aromatic carbocycles. The number of benzene rings is 3. The van der Waals surface area contributed by atoms with Crippen molar-refractivity contribution in [2.75, 3.05) is 36.5 Å². The van der Waals surface area contributed by atoms with Crippen LogP contribution in [0.15, 0.2) is 79.3 Å². The van der Waals surface area contributed by atoms with Crippen LogP contribution < -0.4 is 5.32 Å². The second-order valence-corrected chi connectivity index (χ2v) is 12.2. The van der Waals surface area contributed by atoms with Crippen molar-refractivity contribution in [3.63, 3.8) is 0 Å². The summed E-state index contributed by atoms with van der Waals surface area (Å²) in [6.45, 7) is 2.92. The van der Waals surface area contributed by atoms with E-state index in [4.69, 9.17) is 0 Å². The van der Waals surface area contributed by atoms with E-state index in [0.717, 1.165) is 59.2 Å². The summed E-state index contributed by atoms with van der Waals surface area (Å²) in [6.07, 6.45) is 5.41. The Bertz CT molecular complexity index is 1670. The molecule has 1 aliphatic rings. The number of aryl methyl sites for hydroxylation is 1. The highest BCUT2D eigenvalue weighted by Gasteiger charge is 2.20. The molecule has 5 aromatic rings. The molecule has 0 amide bonds. The fraction of sp³-hybridized carbons (Fsp3) is 0.276. The Morgan fingerprint density at radius 2 is 1.74 bits per heavy atom. The van der Waals surface area contributed by atoms with Gasteiger partial charge in [0.2, 0.25) is 0 Å². The van der Waals surface area contributed by atoms with Gasteiger partial charge in [0, 0.05) is 29.5 Å². The van der Waals surface area contributed by atoms with Crippen LogP contribution in [0.3, 0.4) is 0 Å². The summed E-state index contributed by atoms with van der Waals surface area (Å²) in [5.74, 6) is 1.32. The number of hydrogen-bond donors (Lipinski definition) is 1. The molecule has 194 valence electrons. The Labute approximate surface area is 222 Å². The second kappa shape index (κ2) is 10.5. The number of hydrogen-bond acceptors (Lipinski definition) is 7. The Kier molecular flexibility index (Phi) is 6.78. The largest absolute Gasteiger partial charge is 0.340 e. The van der Waals surface area contributed by atoms with Gasteiger partial charge in [0.1, 0.15) is 12.1 Å². The topological polar surface area (TPSA) is 93.0 Å². The molecule has 0 aliphatic carbocycles. The summed E-state index contributed by atoms with van der Waals surface area (Å²) in [5, 5.41) is 10.1. The van der Waals surface area contributed by atoms with E-state index in [2.05, 4.69) is 73.8 Å². The smallest absolute Gasteiger partial charge is 0.152 e. The van der Waals surface area contributed by atoms with Gasteiger partial charge in [-0.05, 0) is 60.8 Å². The second-order valence-electron chi connectivity index (χ2n) is 9.86. The van der Waals surface area contributed by atoms with Crippen molar-refractivity contribution in [1.82, 2.24) is 24.6 Å². The van der Waals surface area contributed by atoms with Gasteiger partial charge in [0.05, 0.1) is 35.3 Å². The van der Waals surface area contributed by atoms with Crippen molar-refractivity contribution in [2.24, 2.45) is 0 Å². The lowest BCUT2D eigenvalue weighted by Crippen LogP contribution is -2.40. The average Bonchev–Trinajstić information content (AvgIpc) is 3.32.